The van der Waals surface area contributed by atoms with E-state index in [1.54, 1.807) is 6.33 Å². The molecular formula is C17H22N4O2. The molecule has 3 rings (SSSR count). The molecule has 1 N–H and O–H groups in total. The summed E-state index contributed by atoms with van der Waals surface area (Å²) in [4.78, 5) is 11.9. The van der Waals surface area contributed by atoms with Crippen molar-refractivity contribution in [2.45, 2.75) is 44.8 Å². The highest BCUT2D eigenvalue weighted by molar-refractivity contribution is 5.77. The molecule has 122 valence electrons. The monoisotopic (exact) mass is 314 g/mol. The predicted octanol–water partition coefficient (Wildman–Crippen LogP) is 2.23. The van der Waals surface area contributed by atoms with Gasteiger partial charge in [0.15, 0.2) is 5.82 Å². The largest absolute Gasteiger partial charge is 0.368 e. The molecule has 0 bridgehead atoms. The second-order valence-corrected chi connectivity index (χ2v) is 5.80. The highest BCUT2D eigenvalue weighted by Crippen LogP contribution is 2.19. The van der Waals surface area contributed by atoms with E-state index in [4.69, 9.17) is 4.74 Å². The molecule has 0 saturated heterocycles. The fourth-order valence-electron chi connectivity index (χ4n) is 2.84. The Morgan fingerprint density at radius 3 is 2.78 bits per heavy atom. The number of hydrogen-bond donors (Lipinski definition) is 1. The Morgan fingerprint density at radius 2 is 2.00 bits per heavy atom. The molecule has 0 radical (unpaired) electrons. The number of carbonyl (C=O) groups is 1. The molecule has 1 heterocycles. The van der Waals surface area contributed by atoms with Crippen LogP contribution < -0.4 is 5.32 Å². The fraction of sp³-hybridized carbons (Fsp3) is 0.471. The van der Waals surface area contributed by atoms with Gasteiger partial charge in [0, 0.05) is 5.69 Å². The van der Waals surface area contributed by atoms with Crippen molar-refractivity contribution in [3.05, 3.63) is 42.5 Å². The molecule has 6 nitrogen and oxygen atoms in total. The van der Waals surface area contributed by atoms with E-state index in [9.17, 15) is 4.79 Å². The molecule has 2 aromatic rings. The first-order chi connectivity index (χ1) is 11.3. The van der Waals surface area contributed by atoms with Gasteiger partial charge in [-0.05, 0) is 25.0 Å². The minimum absolute atomic E-state index is 0.113. The van der Waals surface area contributed by atoms with Crippen LogP contribution in [-0.2, 0) is 16.1 Å². The van der Waals surface area contributed by atoms with Crippen molar-refractivity contribution in [3.8, 4) is 5.69 Å². The van der Waals surface area contributed by atoms with Crippen LogP contribution in [0, 0.1) is 0 Å². The molecule has 23 heavy (non-hydrogen) atoms. The molecule has 1 aliphatic carbocycles. The molecule has 1 fully saturated rings. The van der Waals surface area contributed by atoms with Crippen molar-refractivity contribution < 1.29 is 9.53 Å². The lowest BCUT2D eigenvalue weighted by Crippen LogP contribution is -2.31. The SMILES string of the molecule is O=C(COC1CCCCC1)NCc1nncn1-c1ccccc1. The van der Waals surface area contributed by atoms with E-state index in [0.29, 0.717) is 12.4 Å². The van der Waals surface area contributed by atoms with Crippen LogP contribution in [0.3, 0.4) is 0 Å². The molecule has 1 amide bonds. The highest BCUT2D eigenvalue weighted by atomic mass is 16.5. The lowest BCUT2D eigenvalue weighted by molar-refractivity contribution is -0.128. The summed E-state index contributed by atoms with van der Waals surface area (Å²) in [5.41, 5.74) is 0.972. The highest BCUT2D eigenvalue weighted by Gasteiger charge is 2.15. The van der Waals surface area contributed by atoms with Gasteiger partial charge in [-0.3, -0.25) is 9.36 Å². The van der Waals surface area contributed by atoms with Crippen LogP contribution in [0.5, 0.6) is 0 Å². The van der Waals surface area contributed by atoms with Gasteiger partial charge in [0.1, 0.15) is 12.9 Å². The first kappa shape index (κ1) is 15.7. The zero-order valence-corrected chi connectivity index (χ0v) is 13.1. The predicted molar refractivity (Wildman–Crippen MR) is 86.0 cm³/mol. The molecular weight excluding hydrogens is 292 g/mol. The molecule has 0 atom stereocenters. The standard InChI is InChI=1S/C17H22N4O2/c22-17(12-23-15-9-5-2-6-10-15)18-11-16-20-19-13-21(16)14-7-3-1-4-8-14/h1,3-4,7-8,13,15H,2,5-6,9-12H2,(H,18,22). The maximum atomic E-state index is 11.9. The average molecular weight is 314 g/mol. The molecule has 0 spiro atoms. The smallest absolute Gasteiger partial charge is 0.246 e. The topological polar surface area (TPSA) is 69.0 Å². The zero-order chi connectivity index (χ0) is 15.9. The van der Waals surface area contributed by atoms with Crippen molar-refractivity contribution in [1.29, 1.82) is 0 Å². The number of carbonyl (C=O) groups excluding carboxylic acids is 1. The van der Waals surface area contributed by atoms with E-state index in [1.807, 2.05) is 34.9 Å². The van der Waals surface area contributed by atoms with Crippen molar-refractivity contribution in [2.75, 3.05) is 6.61 Å². The summed E-state index contributed by atoms with van der Waals surface area (Å²) in [6.45, 7) is 0.450. The van der Waals surface area contributed by atoms with E-state index >= 15 is 0 Å². The van der Waals surface area contributed by atoms with Crippen molar-refractivity contribution >= 4 is 5.91 Å². The molecule has 0 unspecified atom stereocenters. The van der Waals surface area contributed by atoms with Crippen LogP contribution in [0.15, 0.2) is 36.7 Å². The van der Waals surface area contributed by atoms with Gasteiger partial charge in [0.25, 0.3) is 0 Å². The van der Waals surface area contributed by atoms with Crippen LogP contribution in [-0.4, -0.2) is 33.4 Å². The second-order valence-electron chi connectivity index (χ2n) is 5.80. The van der Waals surface area contributed by atoms with Crippen LogP contribution in [0.2, 0.25) is 0 Å². The van der Waals surface area contributed by atoms with Crippen molar-refractivity contribution in [2.24, 2.45) is 0 Å². The Hall–Kier alpha value is -2.21. The summed E-state index contributed by atoms with van der Waals surface area (Å²) in [7, 11) is 0. The molecule has 6 heteroatoms. The third-order valence-corrected chi connectivity index (χ3v) is 4.10. The van der Waals surface area contributed by atoms with Crippen LogP contribution in [0.1, 0.15) is 37.9 Å². The van der Waals surface area contributed by atoms with Gasteiger partial charge >= 0.3 is 0 Å². The summed E-state index contributed by atoms with van der Waals surface area (Å²) < 4.78 is 7.54. The Labute approximate surface area is 135 Å². The fourth-order valence-corrected chi connectivity index (χ4v) is 2.84. The average Bonchev–Trinajstić information content (AvgIpc) is 3.08. The Morgan fingerprint density at radius 1 is 1.22 bits per heavy atom. The number of aromatic nitrogens is 3. The molecule has 1 saturated carbocycles. The molecule has 1 aromatic carbocycles. The van der Waals surface area contributed by atoms with Crippen molar-refractivity contribution in [1.82, 2.24) is 20.1 Å². The van der Waals surface area contributed by atoms with Gasteiger partial charge in [-0.15, -0.1) is 10.2 Å². The van der Waals surface area contributed by atoms with Gasteiger partial charge in [-0.2, -0.15) is 0 Å². The summed E-state index contributed by atoms with van der Waals surface area (Å²) in [6, 6.07) is 9.81. The Kier molecular flexibility index (Phi) is 5.37. The van der Waals surface area contributed by atoms with Crippen LogP contribution >= 0.6 is 0 Å². The number of para-hydroxylation sites is 1. The molecule has 1 aliphatic rings. The number of rotatable bonds is 6. The van der Waals surface area contributed by atoms with Crippen molar-refractivity contribution in [3.63, 3.8) is 0 Å². The van der Waals surface area contributed by atoms with Gasteiger partial charge in [-0.1, -0.05) is 37.5 Å². The number of amides is 1. The molecule has 1 aromatic heterocycles. The van der Waals surface area contributed by atoms with E-state index in [2.05, 4.69) is 15.5 Å². The first-order valence-electron chi connectivity index (χ1n) is 8.15. The van der Waals surface area contributed by atoms with Crippen LogP contribution in [0.4, 0.5) is 0 Å². The van der Waals surface area contributed by atoms with Crippen LogP contribution in [0.25, 0.3) is 5.69 Å². The number of hydrogen-bond acceptors (Lipinski definition) is 4. The van der Waals surface area contributed by atoms with E-state index in [1.165, 1.54) is 19.3 Å². The summed E-state index contributed by atoms with van der Waals surface area (Å²) >= 11 is 0. The normalized spacial score (nSPS) is 15.5. The maximum absolute atomic E-state index is 11.9. The van der Waals surface area contributed by atoms with E-state index in [0.717, 1.165) is 18.5 Å². The Bertz CT molecular complexity index is 621. The van der Waals surface area contributed by atoms with Gasteiger partial charge in [0.05, 0.1) is 12.6 Å². The maximum Gasteiger partial charge on any atom is 0.246 e. The number of ether oxygens (including phenoxy) is 1. The lowest BCUT2D eigenvalue weighted by atomic mass is 9.98. The lowest BCUT2D eigenvalue weighted by Gasteiger charge is -2.21. The zero-order valence-electron chi connectivity index (χ0n) is 13.1. The second kappa shape index (κ2) is 7.87. The quantitative estimate of drug-likeness (QED) is 0.888. The summed E-state index contributed by atoms with van der Waals surface area (Å²) in [6.07, 6.45) is 7.70. The third-order valence-electron chi connectivity index (χ3n) is 4.10. The van der Waals surface area contributed by atoms with Gasteiger partial charge < -0.3 is 10.1 Å². The van der Waals surface area contributed by atoms with E-state index in [-0.39, 0.29) is 18.6 Å². The summed E-state index contributed by atoms with van der Waals surface area (Å²) in [5.74, 6) is 0.584. The number of benzene rings is 1. The van der Waals surface area contributed by atoms with E-state index < -0.39 is 0 Å². The third kappa shape index (κ3) is 4.39. The van der Waals surface area contributed by atoms with Gasteiger partial charge in [0.2, 0.25) is 5.91 Å². The first-order valence-corrected chi connectivity index (χ1v) is 8.15. The Balaban J connectivity index is 1.49. The molecule has 0 aliphatic heterocycles. The van der Waals surface area contributed by atoms with Gasteiger partial charge in [-0.25, -0.2) is 0 Å². The minimum atomic E-state index is -0.113. The number of nitrogens with zero attached hydrogens (tertiary/aromatic N) is 3. The summed E-state index contributed by atoms with van der Waals surface area (Å²) in [5, 5.41) is 10.8. The number of nitrogens with one attached hydrogen (secondary N) is 1. The minimum Gasteiger partial charge on any atom is -0.368 e.